The van der Waals surface area contributed by atoms with Crippen LogP contribution in [0.4, 0.5) is 4.79 Å². The smallest absolute Gasteiger partial charge is 0.294 e. The van der Waals surface area contributed by atoms with Crippen LogP contribution in [0.25, 0.3) is 6.08 Å². The number of rotatable bonds is 8. The first-order valence-corrected chi connectivity index (χ1v) is 14.9. The Labute approximate surface area is 249 Å². The number of hydrogen-bond acceptors (Lipinski definition) is 6. The summed E-state index contributed by atoms with van der Waals surface area (Å²) in [6, 6.07) is 8.82. The summed E-state index contributed by atoms with van der Waals surface area (Å²) >= 11 is 15.2. The zero-order valence-corrected chi connectivity index (χ0v) is 25.5. The fourth-order valence-corrected chi connectivity index (χ4v) is 6.23. The van der Waals surface area contributed by atoms with Gasteiger partial charge in [-0.25, -0.2) is 0 Å². The summed E-state index contributed by atoms with van der Waals surface area (Å²) in [7, 11) is 0. The second-order valence-electron chi connectivity index (χ2n) is 9.12. The minimum atomic E-state index is -0.468. The lowest BCUT2D eigenvalue weighted by atomic mass is 9.99. The largest absolute Gasteiger partial charge is 0.490 e. The third-order valence-electron chi connectivity index (χ3n) is 6.32. The second-order valence-corrected chi connectivity index (χ2v) is 12.1. The third kappa shape index (κ3) is 6.97. The Kier molecular flexibility index (Phi) is 9.89. The maximum Gasteiger partial charge on any atom is 0.294 e. The molecule has 2 saturated heterocycles. The second kappa shape index (κ2) is 12.9. The van der Waals surface area contributed by atoms with Crippen LogP contribution in [0.15, 0.2) is 35.2 Å². The van der Waals surface area contributed by atoms with Crippen molar-refractivity contribution in [1.29, 1.82) is 0 Å². The Morgan fingerprint density at radius 2 is 1.89 bits per heavy atom. The van der Waals surface area contributed by atoms with Crippen molar-refractivity contribution in [2.24, 2.45) is 5.92 Å². The number of halogens is 3. The normalized spacial score (nSPS) is 17.4. The molecule has 0 radical (unpaired) electrons. The minimum Gasteiger partial charge on any atom is -0.490 e. The predicted octanol–water partition coefficient (Wildman–Crippen LogP) is 6.87. The van der Waals surface area contributed by atoms with Crippen LogP contribution in [-0.4, -0.2) is 53.1 Å². The van der Waals surface area contributed by atoms with E-state index in [0.717, 1.165) is 38.6 Å². The molecule has 2 aliphatic rings. The van der Waals surface area contributed by atoms with E-state index in [9.17, 15) is 14.4 Å². The lowest BCUT2D eigenvalue weighted by Gasteiger charge is -2.31. The Bertz CT molecular complexity index is 1280. The van der Waals surface area contributed by atoms with Gasteiger partial charge in [0, 0.05) is 28.7 Å². The number of hydrogen-bond donors (Lipinski definition) is 0. The molecular formula is C27H27Cl2IN2O5S. The molecule has 0 aromatic heterocycles. The van der Waals surface area contributed by atoms with Crippen molar-refractivity contribution in [3.05, 3.63) is 60.0 Å². The lowest BCUT2D eigenvalue weighted by molar-refractivity contribution is -0.136. The van der Waals surface area contributed by atoms with Crippen molar-refractivity contribution < 1.29 is 23.9 Å². The van der Waals surface area contributed by atoms with E-state index < -0.39 is 11.1 Å². The van der Waals surface area contributed by atoms with Gasteiger partial charge in [-0.05, 0) is 95.9 Å². The van der Waals surface area contributed by atoms with E-state index in [1.165, 1.54) is 0 Å². The van der Waals surface area contributed by atoms with Gasteiger partial charge in [-0.1, -0.05) is 36.2 Å². The molecule has 0 atom stereocenters. The van der Waals surface area contributed by atoms with E-state index in [1.54, 1.807) is 35.2 Å². The SMILES string of the molecule is CCOc1cc(/C=C2/SC(=O)N(CC(=O)N3CCC(C)CC3)C2=O)cc(I)c1OCc1ccc(Cl)cc1Cl. The van der Waals surface area contributed by atoms with Crippen LogP contribution in [0.5, 0.6) is 11.5 Å². The molecule has 2 fully saturated rings. The average Bonchev–Trinajstić information content (AvgIpc) is 3.12. The van der Waals surface area contributed by atoms with Gasteiger partial charge >= 0.3 is 0 Å². The molecule has 38 heavy (non-hydrogen) atoms. The van der Waals surface area contributed by atoms with Gasteiger partial charge in [0.1, 0.15) is 13.2 Å². The molecule has 2 aliphatic heterocycles. The Hall–Kier alpha value is -1.95. The highest BCUT2D eigenvalue weighted by Gasteiger charge is 2.37. The Morgan fingerprint density at radius 3 is 2.58 bits per heavy atom. The number of nitrogens with zero attached hydrogens (tertiary/aromatic N) is 2. The molecule has 2 aromatic rings. The lowest BCUT2D eigenvalue weighted by Crippen LogP contribution is -2.45. The molecule has 0 N–H and O–H groups in total. The molecule has 3 amide bonds. The van der Waals surface area contributed by atoms with Gasteiger partial charge in [0.25, 0.3) is 11.1 Å². The van der Waals surface area contributed by atoms with Gasteiger partial charge in [0.2, 0.25) is 5.91 Å². The first kappa shape index (κ1) is 29.0. The highest BCUT2D eigenvalue weighted by atomic mass is 127. The summed E-state index contributed by atoms with van der Waals surface area (Å²) < 4.78 is 12.6. The van der Waals surface area contributed by atoms with E-state index in [-0.39, 0.29) is 24.0 Å². The van der Waals surface area contributed by atoms with Gasteiger partial charge in [-0.15, -0.1) is 0 Å². The van der Waals surface area contributed by atoms with Crippen molar-refractivity contribution in [2.45, 2.75) is 33.3 Å². The first-order valence-electron chi connectivity index (χ1n) is 12.2. The highest BCUT2D eigenvalue weighted by Crippen LogP contribution is 2.38. The topological polar surface area (TPSA) is 76.2 Å². The zero-order chi connectivity index (χ0) is 27.4. The van der Waals surface area contributed by atoms with Crippen LogP contribution in [0.2, 0.25) is 10.0 Å². The van der Waals surface area contributed by atoms with Gasteiger partial charge in [-0.2, -0.15) is 0 Å². The van der Waals surface area contributed by atoms with Gasteiger partial charge in [0.05, 0.1) is 15.1 Å². The number of benzene rings is 2. The predicted molar refractivity (Wildman–Crippen MR) is 159 cm³/mol. The van der Waals surface area contributed by atoms with Crippen LogP contribution in [0.3, 0.4) is 0 Å². The monoisotopic (exact) mass is 688 g/mol. The number of imide groups is 1. The van der Waals surface area contributed by atoms with Crippen molar-refractivity contribution in [3.8, 4) is 11.5 Å². The molecular weight excluding hydrogens is 662 g/mol. The summed E-state index contributed by atoms with van der Waals surface area (Å²) in [5.41, 5.74) is 1.46. The first-order chi connectivity index (χ1) is 18.2. The van der Waals surface area contributed by atoms with Crippen molar-refractivity contribution in [2.75, 3.05) is 26.2 Å². The number of thioether (sulfide) groups is 1. The molecule has 0 aliphatic carbocycles. The highest BCUT2D eigenvalue weighted by molar-refractivity contribution is 14.1. The Balaban J connectivity index is 1.49. The summed E-state index contributed by atoms with van der Waals surface area (Å²) in [6.45, 7) is 5.73. The number of ether oxygens (including phenoxy) is 2. The average molecular weight is 689 g/mol. The van der Waals surface area contributed by atoms with Gasteiger partial charge in [-0.3, -0.25) is 19.3 Å². The maximum atomic E-state index is 13.0. The van der Waals surface area contributed by atoms with Crippen molar-refractivity contribution >= 4 is 80.7 Å². The van der Waals surface area contributed by atoms with Crippen LogP contribution < -0.4 is 9.47 Å². The van der Waals surface area contributed by atoms with Crippen molar-refractivity contribution in [3.63, 3.8) is 0 Å². The number of carbonyl (C=O) groups excluding carboxylic acids is 3. The number of carbonyl (C=O) groups is 3. The molecule has 0 unspecified atom stereocenters. The molecule has 0 spiro atoms. The molecule has 4 rings (SSSR count). The fraction of sp³-hybridized carbons (Fsp3) is 0.370. The van der Waals surface area contributed by atoms with E-state index in [2.05, 4.69) is 29.5 Å². The standard InChI is InChI=1S/C27H27Cl2IN2O5S/c1-3-36-22-11-17(10-21(30)25(22)37-15-18-4-5-19(28)13-20(18)29)12-23-26(34)32(27(35)38-23)14-24(33)31-8-6-16(2)7-9-31/h4-5,10-13,16H,3,6-9,14-15H2,1-2H3/b23-12+. The summed E-state index contributed by atoms with van der Waals surface area (Å²) in [6.07, 6.45) is 3.50. The van der Waals surface area contributed by atoms with Crippen LogP contribution in [0, 0.1) is 9.49 Å². The summed E-state index contributed by atoms with van der Waals surface area (Å²) in [5, 5.41) is 0.605. The molecule has 2 heterocycles. The summed E-state index contributed by atoms with van der Waals surface area (Å²) in [4.78, 5) is 41.4. The van der Waals surface area contributed by atoms with E-state index >= 15 is 0 Å². The maximum absolute atomic E-state index is 13.0. The summed E-state index contributed by atoms with van der Waals surface area (Å²) in [5.74, 6) is 0.963. The number of amides is 3. The molecule has 202 valence electrons. The zero-order valence-electron chi connectivity index (χ0n) is 21.0. The van der Waals surface area contributed by atoms with E-state index in [1.807, 2.05) is 13.0 Å². The quantitative estimate of drug-likeness (QED) is 0.223. The van der Waals surface area contributed by atoms with Crippen LogP contribution >= 0.6 is 57.6 Å². The molecule has 0 bridgehead atoms. The molecule has 7 nitrogen and oxygen atoms in total. The van der Waals surface area contributed by atoms with Crippen molar-refractivity contribution in [1.82, 2.24) is 9.80 Å². The fourth-order valence-electron chi connectivity index (χ4n) is 4.14. The molecule has 0 saturated carbocycles. The molecule has 2 aromatic carbocycles. The van der Waals surface area contributed by atoms with Gasteiger partial charge in [0.15, 0.2) is 11.5 Å². The van der Waals surface area contributed by atoms with Crippen LogP contribution in [-0.2, 0) is 16.2 Å². The Morgan fingerprint density at radius 1 is 1.16 bits per heavy atom. The van der Waals surface area contributed by atoms with Gasteiger partial charge < -0.3 is 14.4 Å². The molecule has 11 heteroatoms. The van der Waals surface area contributed by atoms with E-state index in [4.69, 9.17) is 32.7 Å². The number of likely N-dealkylation sites (tertiary alicyclic amines) is 1. The van der Waals surface area contributed by atoms with Crippen LogP contribution in [0.1, 0.15) is 37.8 Å². The van der Waals surface area contributed by atoms with E-state index in [0.29, 0.717) is 52.7 Å². The minimum absolute atomic E-state index is 0.198. The third-order valence-corrected chi connectivity index (χ3v) is 8.62. The number of piperidine rings is 1.